The first kappa shape index (κ1) is 12.8. The molecule has 6 nitrogen and oxygen atoms in total. The molecule has 0 bridgehead atoms. The van der Waals surface area contributed by atoms with Crippen LogP contribution < -0.4 is 4.90 Å². The van der Waals surface area contributed by atoms with E-state index in [1.54, 1.807) is 12.1 Å². The van der Waals surface area contributed by atoms with Gasteiger partial charge in [-0.05, 0) is 24.6 Å². The molecule has 0 aliphatic carbocycles. The van der Waals surface area contributed by atoms with Crippen molar-refractivity contribution in [3.05, 3.63) is 40.4 Å². The molecule has 1 aromatic heterocycles. The van der Waals surface area contributed by atoms with Crippen LogP contribution in [-0.4, -0.2) is 36.2 Å². The number of likely N-dealkylation sites (N-methyl/N-ethyl adjacent to an activating group) is 1. The number of anilines is 1. The third-order valence-electron chi connectivity index (χ3n) is 3.68. The number of pyridine rings is 1. The van der Waals surface area contributed by atoms with Gasteiger partial charge in [0.1, 0.15) is 5.82 Å². The van der Waals surface area contributed by atoms with Crippen molar-refractivity contribution in [2.45, 2.75) is 12.5 Å². The highest BCUT2D eigenvalue weighted by Crippen LogP contribution is 2.24. The summed E-state index contributed by atoms with van der Waals surface area (Å²) in [5, 5.41) is 11.5. The molecule has 1 aromatic carbocycles. The van der Waals surface area contributed by atoms with Crippen molar-refractivity contribution in [3.8, 4) is 0 Å². The number of nitro benzene ring substituents is 1. The highest BCUT2D eigenvalue weighted by molar-refractivity contribution is 5.82. The minimum absolute atomic E-state index is 0.0876. The highest BCUT2D eigenvalue weighted by Gasteiger charge is 2.21. The normalized spacial score (nSPS) is 18.4. The van der Waals surface area contributed by atoms with Crippen molar-refractivity contribution < 1.29 is 9.66 Å². The Morgan fingerprint density at radius 1 is 1.40 bits per heavy atom. The summed E-state index contributed by atoms with van der Waals surface area (Å²) in [5.41, 5.74) is 0.850. The summed E-state index contributed by atoms with van der Waals surface area (Å²) in [6, 6.07) is 8.83. The van der Waals surface area contributed by atoms with Crippen molar-refractivity contribution in [3.63, 3.8) is 0 Å². The SMILES string of the molecule is CN(c1ccc2cc([N+](=O)[O-])ccc2n1)C1CCOC1. The van der Waals surface area contributed by atoms with E-state index in [1.807, 2.05) is 19.2 Å². The van der Waals surface area contributed by atoms with Crippen LogP contribution in [0.2, 0.25) is 0 Å². The first-order valence-electron chi connectivity index (χ1n) is 6.51. The summed E-state index contributed by atoms with van der Waals surface area (Å²) in [5.74, 6) is 0.863. The number of fused-ring (bicyclic) bond motifs is 1. The first-order chi connectivity index (χ1) is 9.65. The van der Waals surface area contributed by atoms with Crippen LogP contribution in [0, 0.1) is 10.1 Å². The molecule has 2 heterocycles. The predicted octanol–water partition coefficient (Wildman–Crippen LogP) is 2.37. The molecule has 20 heavy (non-hydrogen) atoms. The van der Waals surface area contributed by atoms with Crippen LogP contribution in [-0.2, 0) is 4.74 Å². The number of hydrogen-bond donors (Lipinski definition) is 0. The van der Waals surface area contributed by atoms with Crippen molar-refractivity contribution in [2.75, 3.05) is 25.2 Å². The fourth-order valence-corrected chi connectivity index (χ4v) is 2.43. The summed E-state index contributed by atoms with van der Waals surface area (Å²) in [4.78, 5) is 17.0. The first-order valence-corrected chi connectivity index (χ1v) is 6.51. The fourth-order valence-electron chi connectivity index (χ4n) is 2.43. The van der Waals surface area contributed by atoms with Gasteiger partial charge in [-0.25, -0.2) is 4.98 Å². The minimum Gasteiger partial charge on any atom is -0.379 e. The van der Waals surface area contributed by atoms with Gasteiger partial charge in [-0.1, -0.05) is 0 Å². The molecule has 1 unspecified atom stereocenters. The molecule has 6 heteroatoms. The number of nitro groups is 1. The summed E-state index contributed by atoms with van der Waals surface area (Å²) in [7, 11) is 2.00. The molecule has 1 fully saturated rings. The molecule has 1 aliphatic heterocycles. The second kappa shape index (κ2) is 5.05. The van der Waals surface area contributed by atoms with Gasteiger partial charge in [0.15, 0.2) is 0 Å². The standard InChI is InChI=1S/C14H15N3O3/c1-16(12-6-7-20-9-12)14-5-2-10-8-11(17(18)19)3-4-13(10)15-14/h2-5,8,12H,6-7,9H2,1H3. The molecule has 3 rings (SSSR count). The largest absolute Gasteiger partial charge is 0.379 e. The van der Waals surface area contributed by atoms with Gasteiger partial charge in [-0.2, -0.15) is 0 Å². The number of non-ortho nitro benzene ring substituents is 1. The van der Waals surface area contributed by atoms with E-state index in [2.05, 4.69) is 9.88 Å². The van der Waals surface area contributed by atoms with Crippen LogP contribution in [0.25, 0.3) is 10.9 Å². The van der Waals surface area contributed by atoms with Gasteiger partial charge in [0, 0.05) is 31.2 Å². The number of nitrogens with zero attached hydrogens (tertiary/aromatic N) is 3. The van der Waals surface area contributed by atoms with Gasteiger partial charge in [0.2, 0.25) is 0 Å². The molecule has 1 aliphatic rings. The zero-order chi connectivity index (χ0) is 14.1. The van der Waals surface area contributed by atoms with Crippen molar-refractivity contribution in [1.82, 2.24) is 4.98 Å². The van der Waals surface area contributed by atoms with E-state index >= 15 is 0 Å². The number of hydrogen-bond acceptors (Lipinski definition) is 5. The maximum absolute atomic E-state index is 10.8. The number of ether oxygens (including phenoxy) is 1. The monoisotopic (exact) mass is 273 g/mol. The second-order valence-corrected chi connectivity index (χ2v) is 4.93. The lowest BCUT2D eigenvalue weighted by Gasteiger charge is -2.24. The van der Waals surface area contributed by atoms with Gasteiger partial charge >= 0.3 is 0 Å². The summed E-state index contributed by atoms with van der Waals surface area (Å²) in [6.45, 7) is 1.51. The number of aromatic nitrogens is 1. The van der Waals surface area contributed by atoms with Crippen molar-refractivity contribution in [2.24, 2.45) is 0 Å². The molecule has 104 valence electrons. The Balaban J connectivity index is 1.94. The van der Waals surface area contributed by atoms with E-state index < -0.39 is 4.92 Å². The van der Waals surface area contributed by atoms with Crippen LogP contribution in [0.3, 0.4) is 0 Å². The average Bonchev–Trinajstić information content (AvgIpc) is 2.99. The molecule has 0 spiro atoms. The topological polar surface area (TPSA) is 68.5 Å². The smallest absolute Gasteiger partial charge is 0.270 e. The summed E-state index contributed by atoms with van der Waals surface area (Å²) < 4.78 is 5.38. The Bertz CT molecular complexity index is 653. The van der Waals surface area contributed by atoms with Crippen LogP contribution in [0.15, 0.2) is 30.3 Å². The zero-order valence-electron chi connectivity index (χ0n) is 11.2. The van der Waals surface area contributed by atoms with Crippen LogP contribution >= 0.6 is 0 Å². The molecule has 2 aromatic rings. The molecule has 0 radical (unpaired) electrons. The van der Waals surface area contributed by atoms with Crippen LogP contribution in [0.5, 0.6) is 0 Å². The Morgan fingerprint density at radius 2 is 2.25 bits per heavy atom. The van der Waals surface area contributed by atoms with Gasteiger partial charge in [-0.15, -0.1) is 0 Å². The summed E-state index contributed by atoms with van der Waals surface area (Å²) in [6.07, 6.45) is 0.997. The second-order valence-electron chi connectivity index (χ2n) is 4.93. The lowest BCUT2D eigenvalue weighted by molar-refractivity contribution is -0.384. The van der Waals surface area contributed by atoms with Gasteiger partial charge < -0.3 is 9.64 Å². The van der Waals surface area contributed by atoms with E-state index in [-0.39, 0.29) is 5.69 Å². The van der Waals surface area contributed by atoms with E-state index in [0.29, 0.717) is 6.04 Å². The molecule has 0 saturated carbocycles. The van der Waals surface area contributed by atoms with E-state index in [4.69, 9.17) is 4.74 Å². The molecular weight excluding hydrogens is 258 g/mol. The third kappa shape index (κ3) is 2.30. The van der Waals surface area contributed by atoms with E-state index in [9.17, 15) is 10.1 Å². The predicted molar refractivity (Wildman–Crippen MR) is 76.0 cm³/mol. The average molecular weight is 273 g/mol. The summed E-state index contributed by atoms with van der Waals surface area (Å²) >= 11 is 0. The molecular formula is C14H15N3O3. The zero-order valence-corrected chi connectivity index (χ0v) is 11.2. The van der Waals surface area contributed by atoms with Gasteiger partial charge in [-0.3, -0.25) is 10.1 Å². The number of rotatable bonds is 3. The molecule has 0 amide bonds. The molecule has 1 saturated heterocycles. The van der Waals surface area contributed by atoms with Crippen LogP contribution in [0.1, 0.15) is 6.42 Å². The third-order valence-corrected chi connectivity index (χ3v) is 3.68. The number of benzene rings is 1. The fraction of sp³-hybridized carbons (Fsp3) is 0.357. The Morgan fingerprint density at radius 3 is 2.95 bits per heavy atom. The molecule has 1 atom stereocenters. The Labute approximate surface area is 116 Å². The van der Waals surface area contributed by atoms with Crippen molar-refractivity contribution >= 4 is 22.4 Å². The lowest BCUT2D eigenvalue weighted by Crippen LogP contribution is -2.32. The highest BCUT2D eigenvalue weighted by atomic mass is 16.6. The minimum atomic E-state index is -0.394. The molecule has 0 N–H and O–H groups in total. The van der Waals surface area contributed by atoms with E-state index in [0.717, 1.165) is 36.4 Å². The Hall–Kier alpha value is -2.21. The maximum atomic E-state index is 10.8. The quantitative estimate of drug-likeness (QED) is 0.634. The van der Waals surface area contributed by atoms with Gasteiger partial charge in [0.25, 0.3) is 5.69 Å². The van der Waals surface area contributed by atoms with E-state index in [1.165, 1.54) is 6.07 Å². The van der Waals surface area contributed by atoms with Gasteiger partial charge in [0.05, 0.1) is 23.1 Å². The van der Waals surface area contributed by atoms with Crippen molar-refractivity contribution in [1.29, 1.82) is 0 Å². The maximum Gasteiger partial charge on any atom is 0.270 e. The van der Waals surface area contributed by atoms with Crippen LogP contribution in [0.4, 0.5) is 11.5 Å². The lowest BCUT2D eigenvalue weighted by atomic mass is 10.2. The Kier molecular flexibility index (Phi) is 3.23.